The maximum atomic E-state index is 12.4. The highest BCUT2D eigenvalue weighted by molar-refractivity contribution is 6.03. The van der Waals surface area contributed by atoms with E-state index in [1.807, 2.05) is 30.3 Å². The van der Waals surface area contributed by atoms with Crippen LogP contribution in [-0.4, -0.2) is 31.6 Å². The fourth-order valence-corrected chi connectivity index (χ4v) is 2.21. The topological polar surface area (TPSA) is 71.1 Å². The Morgan fingerprint density at radius 2 is 1.42 bits per heavy atom. The lowest BCUT2D eigenvalue weighted by atomic mass is 10.1. The van der Waals surface area contributed by atoms with Crippen LogP contribution in [0.15, 0.2) is 54.6 Å². The molecule has 26 heavy (non-hydrogen) atoms. The van der Waals surface area contributed by atoms with E-state index in [1.54, 1.807) is 26.0 Å². The van der Waals surface area contributed by atoms with Gasteiger partial charge in [-0.1, -0.05) is 42.5 Å². The van der Waals surface area contributed by atoms with Crippen LogP contribution < -0.4 is 0 Å². The molecular formula is C20H22O6. The number of rotatable bonds is 8. The van der Waals surface area contributed by atoms with Gasteiger partial charge >= 0.3 is 11.9 Å². The molecule has 0 aliphatic heterocycles. The molecule has 6 heteroatoms. The predicted octanol–water partition coefficient (Wildman–Crippen LogP) is 3.56. The summed E-state index contributed by atoms with van der Waals surface area (Å²) < 4.78 is 20.8. The molecule has 2 aromatic rings. The van der Waals surface area contributed by atoms with Gasteiger partial charge in [0.05, 0.1) is 11.1 Å². The minimum atomic E-state index is -0.828. The SMILES string of the molecule is COC(C)OC(C)OC(=O)c1ccccc1C(=O)OCc1ccccc1. The van der Waals surface area contributed by atoms with E-state index >= 15 is 0 Å². The average Bonchev–Trinajstić information content (AvgIpc) is 2.66. The van der Waals surface area contributed by atoms with E-state index in [1.165, 1.54) is 19.2 Å². The summed E-state index contributed by atoms with van der Waals surface area (Å²) in [5.74, 6) is -1.27. The van der Waals surface area contributed by atoms with Gasteiger partial charge in [0.2, 0.25) is 6.29 Å². The van der Waals surface area contributed by atoms with Gasteiger partial charge in [-0.3, -0.25) is 0 Å². The molecule has 6 nitrogen and oxygen atoms in total. The second-order valence-electron chi connectivity index (χ2n) is 5.52. The summed E-state index contributed by atoms with van der Waals surface area (Å²) in [7, 11) is 1.48. The van der Waals surface area contributed by atoms with Gasteiger partial charge in [-0.2, -0.15) is 0 Å². The van der Waals surface area contributed by atoms with Crippen LogP contribution in [0.25, 0.3) is 0 Å². The number of carbonyl (C=O) groups is 2. The van der Waals surface area contributed by atoms with Crippen LogP contribution in [0.2, 0.25) is 0 Å². The van der Waals surface area contributed by atoms with E-state index in [0.29, 0.717) is 0 Å². The molecule has 0 aliphatic carbocycles. The lowest BCUT2D eigenvalue weighted by molar-refractivity contribution is -0.203. The third-order valence-electron chi connectivity index (χ3n) is 3.57. The van der Waals surface area contributed by atoms with Gasteiger partial charge in [0.1, 0.15) is 6.61 Å². The van der Waals surface area contributed by atoms with Crippen molar-refractivity contribution < 1.29 is 28.5 Å². The normalized spacial score (nSPS) is 12.9. The summed E-state index contributed by atoms with van der Waals surface area (Å²) in [5.41, 5.74) is 1.11. The first kappa shape index (κ1) is 19.6. The fraction of sp³-hybridized carbons (Fsp3) is 0.300. The monoisotopic (exact) mass is 358 g/mol. The molecule has 0 aliphatic rings. The molecule has 0 aromatic heterocycles. The van der Waals surface area contributed by atoms with Crippen LogP contribution in [0.3, 0.4) is 0 Å². The summed E-state index contributed by atoms with van der Waals surface area (Å²) >= 11 is 0. The minimum Gasteiger partial charge on any atom is -0.457 e. The van der Waals surface area contributed by atoms with Crippen molar-refractivity contribution in [1.82, 2.24) is 0 Å². The van der Waals surface area contributed by atoms with E-state index in [4.69, 9.17) is 18.9 Å². The second-order valence-corrected chi connectivity index (χ2v) is 5.52. The Bertz CT molecular complexity index is 728. The molecule has 0 amide bonds. The highest BCUT2D eigenvalue weighted by Gasteiger charge is 2.21. The van der Waals surface area contributed by atoms with Crippen molar-refractivity contribution in [3.05, 3.63) is 71.3 Å². The van der Waals surface area contributed by atoms with Gasteiger partial charge in [-0.05, 0) is 31.5 Å². The molecule has 2 aromatic carbocycles. The van der Waals surface area contributed by atoms with Crippen molar-refractivity contribution in [1.29, 1.82) is 0 Å². The van der Waals surface area contributed by atoms with Crippen molar-refractivity contribution in [3.8, 4) is 0 Å². The summed E-state index contributed by atoms with van der Waals surface area (Å²) in [6, 6.07) is 15.6. The second kappa shape index (κ2) is 9.70. The standard InChI is InChI=1S/C20H22O6/c1-14(23-3)25-15(2)26-20(22)18-12-8-7-11-17(18)19(21)24-13-16-9-5-4-6-10-16/h4-12,14-15H,13H2,1-3H3. The third kappa shape index (κ3) is 5.68. The van der Waals surface area contributed by atoms with Gasteiger partial charge in [-0.15, -0.1) is 0 Å². The number of hydrogen-bond acceptors (Lipinski definition) is 6. The van der Waals surface area contributed by atoms with Gasteiger partial charge in [-0.25, -0.2) is 9.59 Å². The molecule has 2 rings (SSSR count). The Labute approximate surface area is 152 Å². The molecular weight excluding hydrogens is 336 g/mol. The molecule has 2 atom stereocenters. The average molecular weight is 358 g/mol. The lowest BCUT2D eigenvalue weighted by Crippen LogP contribution is -2.25. The van der Waals surface area contributed by atoms with Crippen molar-refractivity contribution >= 4 is 11.9 Å². The molecule has 0 N–H and O–H groups in total. The summed E-state index contributed by atoms with van der Waals surface area (Å²) in [5, 5.41) is 0. The zero-order chi connectivity index (χ0) is 18.9. The molecule has 0 radical (unpaired) electrons. The Balaban J connectivity index is 2.04. The number of esters is 2. The molecule has 0 spiro atoms. The number of ether oxygens (including phenoxy) is 4. The largest absolute Gasteiger partial charge is 0.457 e. The maximum absolute atomic E-state index is 12.4. The number of carbonyl (C=O) groups excluding carboxylic acids is 2. The van der Waals surface area contributed by atoms with Gasteiger partial charge in [0.15, 0.2) is 6.29 Å². The number of benzene rings is 2. The highest BCUT2D eigenvalue weighted by Crippen LogP contribution is 2.15. The van der Waals surface area contributed by atoms with Gasteiger partial charge in [0.25, 0.3) is 0 Å². The Morgan fingerprint density at radius 1 is 0.846 bits per heavy atom. The van der Waals surface area contributed by atoms with Crippen LogP contribution in [0.1, 0.15) is 40.1 Å². The fourth-order valence-electron chi connectivity index (χ4n) is 2.21. The molecule has 2 unspecified atom stereocenters. The van der Waals surface area contributed by atoms with Gasteiger partial charge in [0, 0.05) is 7.11 Å². The van der Waals surface area contributed by atoms with Crippen LogP contribution in [0.5, 0.6) is 0 Å². The Morgan fingerprint density at radius 3 is 2.04 bits per heavy atom. The van der Waals surface area contributed by atoms with E-state index in [0.717, 1.165) is 5.56 Å². The Kier molecular flexibility index (Phi) is 7.32. The first-order valence-electron chi connectivity index (χ1n) is 8.20. The van der Waals surface area contributed by atoms with Crippen LogP contribution in [-0.2, 0) is 25.6 Å². The maximum Gasteiger partial charge on any atom is 0.341 e. The highest BCUT2D eigenvalue weighted by atomic mass is 16.8. The number of hydrogen-bond donors (Lipinski definition) is 0. The smallest absolute Gasteiger partial charge is 0.341 e. The molecule has 138 valence electrons. The quantitative estimate of drug-likeness (QED) is 0.531. The molecule has 0 saturated carbocycles. The van der Waals surface area contributed by atoms with Crippen LogP contribution in [0, 0.1) is 0 Å². The lowest BCUT2D eigenvalue weighted by Gasteiger charge is -2.18. The van der Waals surface area contributed by atoms with Crippen molar-refractivity contribution in [2.45, 2.75) is 33.0 Å². The van der Waals surface area contributed by atoms with Crippen molar-refractivity contribution in [2.75, 3.05) is 7.11 Å². The summed E-state index contributed by atoms with van der Waals surface area (Å²) in [4.78, 5) is 24.7. The third-order valence-corrected chi connectivity index (χ3v) is 3.57. The zero-order valence-corrected chi connectivity index (χ0v) is 15.0. The summed E-state index contributed by atoms with van der Waals surface area (Å²) in [6.45, 7) is 3.37. The van der Waals surface area contributed by atoms with E-state index in [2.05, 4.69) is 0 Å². The van der Waals surface area contributed by atoms with E-state index < -0.39 is 24.5 Å². The summed E-state index contributed by atoms with van der Waals surface area (Å²) in [6.07, 6.45) is -1.35. The molecule has 0 saturated heterocycles. The Hall–Kier alpha value is -2.70. The van der Waals surface area contributed by atoms with E-state index in [-0.39, 0.29) is 17.7 Å². The van der Waals surface area contributed by atoms with Gasteiger partial charge < -0.3 is 18.9 Å². The van der Waals surface area contributed by atoms with E-state index in [9.17, 15) is 9.59 Å². The van der Waals surface area contributed by atoms with Crippen molar-refractivity contribution in [3.63, 3.8) is 0 Å². The first-order valence-corrected chi connectivity index (χ1v) is 8.20. The predicted molar refractivity (Wildman–Crippen MR) is 94.4 cm³/mol. The molecule has 0 heterocycles. The van der Waals surface area contributed by atoms with Crippen molar-refractivity contribution in [2.24, 2.45) is 0 Å². The minimum absolute atomic E-state index is 0.117. The zero-order valence-electron chi connectivity index (χ0n) is 15.0. The number of methoxy groups -OCH3 is 1. The van der Waals surface area contributed by atoms with Crippen LogP contribution in [0.4, 0.5) is 0 Å². The molecule has 0 bridgehead atoms. The molecule has 0 fully saturated rings. The van der Waals surface area contributed by atoms with Crippen LogP contribution >= 0.6 is 0 Å². The first-order chi connectivity index (χ1) is 12.5.